The standard InChI is InChI=1S/C12H15Cl3NO3PS/c1-6(2)19-12(17)7(3)16-20(18)21-11-5-9(14)8(13)4-10(11)15/h4-7,20H,1-3H3,(H,16,18)/t7-/m0/s1. The molecule has 0 amide bonds. The lowest BCUT2D eigenvalue weighted by Gasteiger charge is -2.15. The van der Waals surface area contributed by atoms with E-state index in [1.54, 1.807) is 20.8 Å². The van der Waals surface area contributed by atoms with Crippen LogP contribution >= 0.6 is 53.3 Å². The molecule has 0 bridgehead atoms. The Kier molecular flexibility index (Phi) is 7.90. The number of hydrogen-bond donors (Lipinski definition) is 1. The van der Waals surface area contributed by atoms with Crippen molar-refractivity contribution in [1.29, 1.82) is 0 Å². The number of carbonyl (C=O) groups is 1. The van der Waals surface area contributed by atoms with Gasteiger partial charge in [-0.1, -0.05) is 34.8 Å². The summed E-state index contributed by atoms with van der Waals surface area (Å²) in [6, 6.07) is 2.35. The third-order valence-electron chi connectivity index (χ3n) is 2.22. The van der Waals surface area contributed by atoms with Gasteiger partial charge in [0.15, 0.2) is 7.15 Å². The van der Waals surface area contributed by atoms with Crippen LogP contribution < -0.4 is 5.09 Å². The minimum absolute atomic E-state index is 0.221. The number of halogens is 3. The van der Waals surface area contributed by atoms with Crippen molar-refractivity contribution in [1.82, 2.24) is 5.09 Å². The van der Waals surface area contributed by atoms with Crippen molar-refractivity contribution in [2.45, 2.75) is 37.8 Å². The van der Waals surface area contributed by atoms with E-state index in [1.807, 2.05) is 0 Å². The van der Waals surface area contributed by atoms with E-state index in [-0.39, 0.29) is 6.10 Å². The van der Waals surface area contributed by atoms with E-state index in [0.29, 0.717) is 20.0 Å². The normalized spacial score (nSPS) is 14.0. The summed E-state index contributed by atoms with van der Waals surface area (Å²) in [6.45, 7) is 5.08. The molecule has 1 aromatic rings. The Morgan fingerprint density at radius 2 is 1.76 bits per heavy atom. The Morgan fingerprint density at radius 3 is 2.33 bits per heavy atom. The molecular formula is C12H15Cl3NO3PS. The van der Waals surface area contributed by atoms with Crippen LogP contribution in [-0.4, -0.2) is 18.1 Å². The Labute approximate surface area is 143 Å². The minimum Gasteiger partial charge on any atom is -0.462 e. The average Bonchev–Trinajstić information content (AvgIpc) is 2.34. The minimum atomic E-state index is -2.34. The fourth-order valence-electron chi connectivity index (χ4n) is 1.28. The molecule has 1 rings (SSSR count). The molecule has 1 N–H and O–H groups in total. The number of nitrogens with one attached hydrogen (secondary N) is 1. The summed E-state index contributed by atoms with van der Waals surface area (Å²) in [7, 11) is -2.34. The molecule has 1 aromatic carbocycles. The summed E-state index contributed by atoms with van der Waals surface area (Å²) >= 11 is 18.7. The molecular weight excluding hydrogens is 376 g/mol. The molecule has 0 aliphatic heterocycles. The van der Waals surface area contributed by atoms with E-state index in [4.69, 9.17) is 39.5 Å². The van der Waals surface area contributed by atoms with Crippen LogP contribution in [0.15, 0.2) is 17.0 Å². The van der Waals surface area contributed by atoms with Gasteiger partial charge in [0.25, 0.3) is 0 Å². The average molecular weight is 391 g/mol. The third kappa shape index (κ3) is 6.39. The van der Waals surface area contributed by atoms with Gasteiger partial charge in [-0.05, 0) is 44.3 Å². The summed E-state index contributed by atoms with van der Waals surface area (Å²) < 4.78 is 17.1. The van der Waals surface area contributed by atoms with E-state index in [0.717, 1.165) is 11.4 Å². The van der Waals surface area contributed by atoms with Crippen molar-refractivity contribution in [3.05, 3.63) is 27.2 Å². The first kappa shape index (κ1) is 19.1. The van der Waals surface area contributed by atoms with E-state index < -0.39 is 19.2 Å². The zero-order valence-electron chi connectivity index (χ0n) is 11.6. The first-order chi connectivity index (χ1) is 9.70. The molecule has 0 aromatic heterocycles. The van der Waals surface area contributed by atoms with Crippen LogP contribution in [-0.2, 0) is 14.1 Å². The topological polar surface area (TPSA) is 55.4 Å². The van der Waals surface area contributed by atoms with Crippen molar-refractivity contribution in [3.63, 3.8) is 0 Å². The van der Waals surface area contributed by atoms with E-state index in [1.165, 1.54) is 12.1 Å². The highest BCUT2D eigenvalue weighted by Crippen LogP contribution is 2.46. The summed E-state index contributed by atoms with van der Waals surface area (Å²) in [5, 5.41) is 3.70. The van der Waals surface area contributed by atoms with Crippen molar-refractivity contribution >= 4 is 59.3 Å². The molecule has 4 nitrogen and oxygen atoms in total. The fourth-order valence-corrected chi connectivity index (χ4v) is 5.08. The van der Waals surface area contributed by atoms with Gasteiger partial charge < -0.3 is 4.74 Å². The second-order valence-corrected chi connectivity index (χ2v) is 8.89. The third-order valence-corrected chi connectivity index (χ3v) is 6.35. The second kappa shape index (κ2) is 8.66. The highest BCUT2D eigenvalue weighted by atomic mass is 35.5. The predicted octanol–water partition coefficient (Wildman–Crippen LogP) is 5.06. The van der Waals surface area contributed by atoms with Crippen LogP contribution in [0.3, 0.4) is 0 Å². The van der Waals surface area contributed by atoms with E-state index in [9.17, 15) is 9.36 Å². The molecule has 2 atom stereocenters. The summed E-state index contributed by atoms with van der Waals surface area (Å²) in [4.78, 5) is 12.2. The highest BCUT2D eigenvalue weighted by molar-refractivity contribution is 8.51. The summed E-state index contributed by atoms with van der Waals surface area (Å²) in [6.07, 6.45) is -0.221. The molecule has 0 fully saturated rings. The number of benzene rings is 1. The lowest BCUT2D eigenvalue weighted by molar-refractivity contribution is -0.148. The number of rotatable bonds is 6. The quantitative estimate of drug-likeness (QED) is 0.418. The Morgan fingerprint density at radius 1 is 1.19 bits per heavy atom. The van der Waals surface area contributed by atoms with Crippen LogP contribution in [0.1, 0.15) is 20.8 Å². The van der Waals surface area contributed by atoms with Gasteiger partial charge in [-0.15, -0.1) is 0 Å². The van der Waals surface area contributed by atoms with Crippen molar-refractivity contribution in [3.8, 4) is 0 Å². The molecule has 0 aliphatic rings. The van der Waals surface area contributed by atoms with Gasteiger partial charge in [-0.3, -0.25) is 9.36 Å². The fraction of sp³-hybridized carbons (Fsp3) is 0.417. The predicted molar refractivity (Wildman–Crippen MR) is 90.2 cm³/mol. The van der Waals surface area contributed by atoms with Crippen molar-refractivity contribution in [2.75, 3.05) is 0 Å². The molecule has 0 heterocycles. The van der Waals surface area contributed by atoms with Crippen LogP contribution in [0.4, 0.5) is 0 Å². The molecule has 0 saturated heterocycles. The second-order valence-electron chi connectivity index (χ2n) is 4.44. The zero-order valence-corrected chi connectivity index (χ0v) is 15.7. The number of carbonyl (C=O) groups excluding carboxylic acids is 1. The molecule has 1 unspecified atom stereocenters. The monoisotopic (exact) mass is 389 g/mol. The molecule has 0 aliphatic carbocycles. The Hall–Kier alpha value is 0.1000. The van der Waals surface area contributed by atoms with Gasteiger partial charge in [-0.25, -0.2) is 5.09 Å². The zero-order chi connectivity index (χ0) is 16.2. The molecule has 21 heavy (non-hydrogen) atoms. The maximum absolute atomic E-state index is 12.1. The number of ether oxygens (including phenoxy) is 1. The van der Waals surface area contributed by atoms with Crippen LogP contribution in [0.2, 0.25) is 15.1 Å². The molecule has 0 spiro atoms. The largest absolute Gasteiger partial charge is 0.462 e. The highest BCUT2D eigenvalue weighted by Gasteiger charge is 2.19. The molecule has 118 valence electrons. The maximum atomic E-state index is 12.1. The Bertz CT molecular complexity index is 557. The molecule has 0 radical (unpaired) electrons. The summed E-state index contributed by atoms with van der Waals surface area (Å²) in [5.41, 5.74) is 0. The van der Waals surface area contributed by atoms with Crippen molar-refractivity contribution in [2.24, 2.45) is 0 Å². The summed E-state index contributed by atoms with van der Waals surface area (Å²) in [5.74, 6) is -0.454. The van der Waals surface area contributed by atoms with Crippen LogP contribution in [0.25, 0.3) is 0 Å². The first-order valence-electron chi connectivity index (χ1n) is 6.04. The van der Waals surface area contributed by atoms with E-state index >= 15 is 0 Å². The van der Waals surface area contributed by atoms with Gasteiger partial charge in [0, 0.05) is 4.90 Å². The van der Waals surface area contributed by atoms with Gasteiger partial charge in [0.1, 0.15) is 6.04 Å². The van der Waals surface area contributed by atoms with Gasteiger partial charge in [0.05, 0.1) is 21.2 Å². The van der Waals surface area contributed by atoms with Crippen molar-refractivity contribution < 1.29 is 14.1 Å². The molecule has 9 heteroatoms. The maximum Gasteiger partial charge on any atom is 0.323 e. The van der Waals surface area contributed by atoms with E-state index in [2.05, 4.69) is 5.09 Å². The van der Waals surface area contributed by atoms with Crippen LogP contribution in [0, 0.1) is 0 Å². The van der Waals surface area contributed by atoms with Gasteiger partial charge >= 0.3 is 5.97 Å². The lowest BCUT2D eigenvalue weighted by Crippen LogP contribution is -2.32. The van der Waals surface area contributed by atoms with Gasteiger partial charge in [-0.2, -0.15) is 0 Å². The van der Waals surface area contributed by atoms with Gasteiger partial charge in [0.2, 0.25) is 0 Å². The van der Waals surface area contributed by atoms with Crippen LogP contribution in [0.5, 0.6) is 0 Å². The number of hydrogen-bond acceptors (Lipinski definition) is 4. The first-order valence-corrected chi connectivity index (χ1v) is 10.1. The molecule has 0 saturated carbocycles. The Balaban J connectivity index is 2.66. The SMILES string of the molecule is CC(C)OC(=O)[C@H](C)N[PH](=O)Sc1cc(Cl)c(Cl)cc1Cl. The number of esters is 1. The lowest BCUT2D eigenvalue weighted by atomic mass is 10.4. The smallest absolute Gasteiger partial charge is 0.323 e.